The zero-order valence-electron chi connectivity index (χ0n) is 11.8. The maximum Gasteiger partial charge on any atom is 0.213 e. The molecule has 0 amide bonds. The van der Waals surface area contributed by atoms with Crippen LogP contribution in [0.4, 0.5) is 0 Å². The highest BCUT2D eigenvalue weighted by atomic mass is 35.5. The average molecular weight is 326 g/mol. The Labute approximate surface area is 131 Å². The lowest BCUT2D eigenvalue weighted by molar-refractivity contribution is 0.397. The highest BCUT2D eigenvalue weighted by Gasteiger charge is 2.08. The Bertz CT molecular complexity index is 649. The second-order valence-electron chi connectivity index (χ2n) is 4.37. The molecule has 0 saturated heterocycles. The predicted octanol–water partition coefficient (Wildman–Crippen LogP) is 3.20. The second kappa shape index (κ2) is 7.43. The fourth-order valence-electron chi connectivity index (χ4n) is 1.85. The molecule has 0 aliphatic heterocycles. The van der Waals surface area contributed by atoms with E-state index in [0.29, 0.717) is 28.2 Å². The van der Waals surface area contributed by atoms with Gasteiger partial charge in [0.15, 0.2) is 0 Å². The summed E-state index contributed by atoms with van der Waals surface area (Å²) in [5.41, 5.74) is 1.65. The van der Waals surface area contributed by atoms with Crippen molar-refractivity contribution in [2.75, 3.05) is 14.2 Å². The molecule has 0 aliphatic carbocycles. The number of halogens is 1. The number of hydrogen-bond acceptors (Lipinski definition) is 4. The Morgan fingerprint density at radius 1 is 1.14 bits per heavy atom. The Morgan fingerprint density at radius 2 is 1.95 bits per heavy atom. The molecular weight excluding hydrogens is 310 g/mol. The van der Waals surface area contributed by atoms with Crippen molar-refractivity contribution in [1.29, 1.82) is 0 Å². The predicted molar refractivity (Wildman–Crippen MR) is 84.3 cm³/mol. The lowest BCUT2D eigenvalue weighted by Crippen LogP contribution is -2.02. The molecule has 0 fully saturated rings. The number of hydrogen-bond donors (Lipinski definition) is 0. The van der Waals surface area contributed by atoms with E-state index in [1.807, 2.05) is 18.2 Å². The first-order valence-electron chi connectivity index (χ1n) is 6.29. The van der Waals surface area contributed by atoms with Crippen LogP contribution in [0, 0.1) is 0 Å². The molecule has 0 aliphatic rings. The topological polar surface area (TPSA) is 48.4 Å². The number of methoxy groups -OCH3 is 2. The van der Waals surface area contributed by atoms with Crippen molar-refractivity contribution < 1.29 is 13.7 Å². The lowest BCUT2D eigenvalue weighted by atomic mass is 10.2. The van der Waals surface area contributed by atoms with Gasteiger partial charge in [0.05, 0.1) is 30.7 Å². The minimum Gasteiger partial charge on any atom is -0.495 e. The molecule has 0 bridgehead atoms. The molecule has 1 aromatic heterocycles. The molecule has 1 aromatic carbocycles. The molecule has 2 rings (SSSR count). The SMILES string of the molecule is COc1cccc(CS(=O)Cc2ccc(OC)c(Cl)c2)n1. The number of benzene rings is 1. The monoisotopic (exact) mass is 325 g/mol. The summed E-state index contributed by atoms with van der Waals surface area (Å²) < 4.78 is 22.4. The van der Waals surface area contributed by atoms with Gasteiger partial charge >= 0.3 is 0 Å². The molecule has 1 heterocycles. The summed E-state index contributed by atoms with van der Waals surface area (Å²) in [5, 5.41) is 0.520. The molecule has 0 saturated carbocycles. The van der Waals surface area contributed by atoms with Crippen molar-refractivity contribution >= 4 is 22.4 Å². The van der Waals surface area contributed by atoms with E-state index in [2.05, 4.69) is 4.98 Å². The Balaban J connectivity index is 2.02. The average Bonchev–Trinajstić information content (AvgIpc) is 2.47. The summed E-state index contributed by atoms with van der Waals surface area (Å²) in [6, 6.07) is 10.8. The maximum absolute atomic E-state index is 12.2. The van der Waals surface area contributed by atoms with Crippen LogP contribution >= 0.6 is 11.6 Å². The molecule has 0 radical (unpaired) electrons. The number of rotatable bonds is 6. The highest BCUT2D eigenvalue weighted by Crippen LogP contribution is 2.25. The van der Waals surface area contributed by atoms with Gasteiger partial charge in [-0.1, -0.05) is 23.7 Å². The van der Waals surface area contributed by atoms with Gasteiger partial charge in [-0.3, -0.25) is 4.21 Å². The number of aromatic nitrogens is 1. The summed E-state index contributed by atoms with van der Waals surface area (Å²) in [5.74, 6) is 1.93. The molecule has 21 heavy (non-hydrogen) atoms. The smallest absolute Gasteiger partial charge is 0.213 e. The molecule has 0 N–H and O–H groups in total. The van der Waals surface area contributed by atoms with Gasteiger partial charge in [-0.15, -0.1) is 0 Å². The summed E-state index contributed by atoms with van der Waals surface area (Å²) in [7, 11) is 2.05. The van der Waals surface area contributed by atoms with Crippen LogP contribution in [0.15, 0.2) is 36.4 Å². The summed E-state index contributed by atoms with van der Waals surface area (Å²) in [4.78, 5) is 4.26. The molecular formula is C15H16ClNO3S. The highest BCUT2D eigenvalue weighted by molar-refractivity contribution is 7.83. The van der Waals surface area contributed by atoms with Crippen LogP contribution in [0.1, 0.15) is 11.3 Å². The zero-order valence-corrected chi connectivity index (χ0v) is 13.4. The molecule has 112 valence electrons. The van der Waals surface area contributed by atoms with Crippen molar-refractivity contribution in [2.24, 2.45) is 0 Å². The third-order valence-electron chi connectivity index (χ3n) is 2.84. The Morgan fingerprint density at radius 3 is 2.62 bits per heavy atom. The minimum atomic E-state index is -1.07. The summed E-state index contributed by atoms with van der Waals surface area (Å²) in [6.07, 6.45) is 0. The van der Waals surface area contributed by atoms with Crippen LogP contribution in [0.2, 0.25) is 5.02 Å². The van der Waals surface area contributed by atoms with Crippen LogP contribution in [0.25, 0.3) is 0 Å². The molecule has 2 aromatic rings. The third-order valence-corrected chi connectivity index (χ3v) is 4.41. The van der Waals surface area contributed by atoms with E-state index in [0.717, 1.165) is 11.3 Å². The number of ether oxygens (including phenoxy) is 2. The molecule has 0 spiro atoms. The lowest BCUT2D eigenvalue weighted by Gasteiger charge is -2.07. The van der Waals surface area contributed by atoms with Gasteiger partial charge in [0.2, 0.25) is 5.88 Å². The first-order valence-corrected chi connectivity index (χ1v) is 8.16. The third kappa shape index (κ3) is 4.44. The second-order valence-corrected chi connectivity index (χ2v) is 6.23. The van der Waals surface area contributed by atoms with Crippen LogP contribution in [0.5, 0.6) is 11.6 Å². The fraction of sp³-hybridized carbons (Fsp3) is 0.267. The van der Waals surface area contributed by atoms with Crippen molar-refractivity contribution in [3.05, 3.63) is 52.7 Å². The fourth-order valence-corrected chi connectivity index (χ4v) is 3.28. The first kappa shape index (κ1) is 15.8. The summed E-state index contributed by atoms with van der Waals surface area (Å²) >= 11 is 6.06. The zero-order chi connectivity index (χ0) is 15.2. The largest absolute Gasteiger partial charge is 0.495 e. The molecule has 6 heteroatoms. The van der Waals surface area contributed by atoms with E-state index in [4.69, 9.17) is 21.1 Å². The normalized spacial score (nSPS) is 12.0. The van der Waals surface area contributed by atoms with Gasteiger partial charge in [0.1, 0.15) is 5.75 Å². The molecule has 4 nitrogen and oxygen atoms in total. The van der Waals surface area contributed by atoms with Crippen molar-refractivity contribution in [1.82, 2.24) is 4.98 Å². The molecule has 1 atom stereocenters. The number of pyridine rings is 1. The quantitative estimate of drug-likeness (QED) is 0.818. The van der Waals surface area contributed by atoms with Gasteiger partial charge in [-0.2, -0.15) is 0 Å². The van der Waals surface area contributed by atoms with Gasteiger partial charge in [0.25, 0.3) is 0 Å². The van der Waals surface area contributed by atoms with Crippen molar-refractivity contribution in [3.8, 4) is 11.6 Å². The van der Waals surface area contributed by atoms with E-state index < -0.39 is 10.8 Å². The van der Waals surface area contributed by atoms with Gasteiger partial charge in [0, 0.05) is 22.6 Å². The van der Waals surface area contributed by atoms with E-state index in [1.54, 1.807) is 32.4 Å². The van der Waals surface area contributed by atoms with Gasteiger partial charge in [-0.25, -0.2) is 4.98 Å². The van der Waals surface area contributed by atoms with E-state index in [-0.39, 0.29) is 0 Å². The van der Waals surface area contributed by atoms with E-state index >= 15 is 0 Å². The van der Waals surface area contributed by atoms with Crippen LogP contribution in [0.3, 0.4) is 0 Å². The van der Waals surface area contributed by atoms with Crippen molar-refractivity contribution in [2.45, 2.75) is 11.5 Å². The maximum atomic E-state index is 12.2. The van der Waals surface area contributed by atoms with E-state index in [9.17, 15) is 4.21 Å². The van der Waals surface area contributed by atoms with Crippen LogP contribution in [-0.4, -0.2) is 23.4 Å². The molecule has 1 unspecified atom stereocenters. The van der Waals surface area contributed by atoms with Crippen LogP contribution < -0.4 is 9.47 Å². The summed E-state index contributed by atoms with van der Waals surface area (Å²) in [6.45, 7) is 0. The first-order chi connectivity index (χ1) is 10.1. The Hall–Kier alpha value is -1.59. The Kier molecular flexibility index (Phi) is 5.59. The standard InChI is InChI=1S/C15H16ClNO3S/c1-19-14-7-6-11(8-13(14)16)9-21(18)10-12-4-3-5-15(17-12)20-2/h3-8H,9-10H2,1-2H3. The van der Waals surface area contributed by atoms with Gasteiger partial charge in [-0.05, 0) is 23.8 Å². The van der Waals surface area contributed by atoms with Gasteiger partial charge < -0.3 is 9.47 Å². The van der Waals surface area contributed by atoms with Crippen LogP contribution in [-0.2, 0) is 22.3 Å². The minimum absolute atomic E-state index is 0.376. The van der Waals surface area contributed by atoms with Crippen molar-refractivity contribution in [3.63, 3.8) is 0 Å². The number of nitrogens with zero attached hydrogens (tertiary/aromatic N) is 1. The van der Waals surface area contributed by atoms with E-state index in [1.165, 1.54) is 0 Å².